The van der Waals surface area contributed by atoms with E-state index in [4.69, 9.17) is 16.9 Å². The Labute approximate surface area is 113 Å². The molecule has 84 valence electrons. The first kappa shape index (κ1) is 13.4. The van der Waals surface area contributed by atoms with E-state index in [9.17, 15) is 9.18 Å². The Balaban J connectivity index is 3.11. The molecule has 1 amide bonds. The normalized spacial score (nSPS) is 9.69. The summed E-state index contributed by atoms with van der Waals surface area (Å²) in [6.07, 6.45) is -0.302. The largest absolute Gasteiger partial charge is 0.323 e. The lowest BCUT2D eigenvalue weighted by atomic mass is 10.3. The van der Waals surface area contributed by atoms with Crippen molar-refractivity contribution in [2.24, 2.45) is 0 Å². The molecule has 0 aliphatic carbocycles. The zero-order valence-electron chi connectivity index (χ0n) is 7.65. The van der Waals surface area contributed by atoms with Gasteiger partial charge in [0.2, 0.25) is 5.91 Å². The number of hydrogen-bond acceptors (Lipinski definition) is 2. The Bertz CT molecular complexity index is 487. The van der Waals surface area contributed by atoms with Crippen molar-refractivity contribution in [1.82, 2.24) is 0 Å². The van der Waals surface area contributed by atoms with Gasteiger partial charge in [0, 0.05) is 4.47 Å². The number of hydrogen-bond donors (Lipinski definition) is 1. The first-order chi connectivity index (χ1) is 7.47. The summed E-state index contributed by atoms with van der Waals surface area (Å²) in [5.74, 6) is -1.19. The minimum atomic E-state index is -0.669. The summed E-state index contributed by atoms with van der Waals surface area (Å²) >= 11 is 11.7. The van der Waals surface area contributed by atoms with Gasteiger partial charge in [-0.2, -0.15) is 5.26 Å². The Hall–Kier alpha value is -0.640. The second kappa shape index (κ2) is 5.62. The number of nitriles is 1. The van der Waals surface area contributed by atoms with Gasteiger partial charge < -0.3 is 5.32 Å². The molecule has 0 aliphatic heterocycles. The van der Waals surface area contributed by atoms with Gasteiger partial charge in [0.25, 0.3) is 0 Å². The second-order valence-corrected chi connectivity index (χ2v) is 4.78. The summed E-state index contributed by atoms with van der Waals surface area (Å²) in [5.41, 5.74) is 0.210. The van der Waals surface area contributed by atoms with Crippen LogP contribution in [0.1, 0.15) is 6.42 Å². The summed E-state index contributed by atoms with van der Waals surface area (Å²) in [5, 5.41) is 10.6. The molecule has 0 bridgehead atoms. The maximum Gasteiger partial charge on any atom is 0.238 e. The van der Waals surface area contributed by atoms with Crippen molar-refractivity contribution in [2.75, 3.05) is 5.32 Å². The van der Waals surface area contributed by atoms with Gasteiger partial charge in [-0.3, -0.25) is 4.79 Å². The zero-order chi connectivity index (χ0) is 12.3. The number of anilines is 1. The van der Waals surface area contributed by atoms with Gasteiger partial charge in [-0.1, -0.05) is 11.6 Å². The maximum absolute atomic E-state index is 13.4. The molecule has 1 rings (SSSR count). The quantitative estimate of drug-likeness (QED) is 0.635. The molecule has 1 N–H and O–H groups in total. The predicted molar refractivity (Wildman–Crippen MR) is 65.7 cm³/mol. The number of amides is 1. The van der Waals surface area contributed by atoms with Gasteiger partial charge in [-0.15, -0.1) is 0 Å². The number of carbonyl (C=O) groups is 1. The molecule has 0 radical (unpaired) electrons. The summed E-state index contributed by atoms with van der Waals surface area (Å²) in [6.45, 7) is 0. The van der Waals surface area contributed by atoms with Crippen LogP contribution >= 0.6 is 43.5 Å². The van der Waals surface area contributed by atoms with Gasteiger partial charge in [0.1, 0.15) is 6.42 Å². The predicted octanol–water partition coefficient (Wildman–Crippen LogP) is 3.86. The number of benzene rings is 1. The van der Waals surface area contributed by atoms with Crippen LogP contribution in [0.25, 0.3) is 0 Å². The van der Waals surface area contributed by atoms with E-state index in [-0.39, 0.29) is 21.6 Å². The van der Waals surface area contributed by atoms with Crippen molar-refractivity contribution in [2.45, 2.75) is 6.42 Å². The Morgan fingerprint density at radius 3 is 2.81 bits per heavy atom. The summed E-state index contributed by atoms with van der Waals surface area (Å²) in [4.78, 5) is 11.2. The van der Waals surface area contributed by atoms with Gasteiger partial charge in [0.15, 0.2) is 5.82 Å². The third-order valence-corrected chi connectivity index (χ3v) is 3.26. The molecule has 0 saturated carbocycles. The van der Waals surface area contributed by atoms with E-state index in [0.29, 0.717) is 4.47 Å². The highest BCUT2D eigenvalue weighted by Gasteiger charge is 2.16. The molecule has 7 heteroatoms. The molecule has 0 saturated heterocycles. The highest BCUT2D eigenvalue weighted by molar-refractivity contribution is 9.11. The fraction of sp³-hybridized carbons (Fsp3) is 0.111. The van der Waals surface area contributed by atoms with Crippen molar-refractivity contribution >= 4 is 55.1 Å². The smallest absolute Gasteiger partial charge is 0.238 e. The van der Waals surface area contributed by atoms with Crippen LogP contribution in [-0.2, 0) is 4.79 Å². The molecule has 0 aliphatic rings. The SMILES string of the molecule is N#CCC(=O)Nc1c(Br)cc(Cl)c(F)c1Br. The van der Waals surface area contributed by atoms with Crippen LogP contribution in [0.3, 0.4) is 0 Å². The van der Waals surface area contributed by atoms with E-state index < -0.39 is 11.7 Å². The van der Waals surface area contributed by atoms with Crippen LogP contribution in [0.2, 0.25) is 5.02 Å². The minimum absolute atomic E-state index is 0.0400. The Morgan fingerprint density at radius 1 is 1.62 bits per heavy atom. The lowest BCUT2D eigenvalue weighted by Gasteiger charge is -2.10. The number of rotatable bonds is 2. The Morgan fingerprint density at radius 2 is 2.25 bits per heavy atom. The van der Waals surface area contributed by atoms with E-state index in [0.717, 1.165) is 0 Å². The fourth-order valence-electron chi connectivity index (χ4n) is 0.936. The van der Waals surface area contributed by atoms with Crippen molar-refractivity contribution in [3.8, 4) is 6.07 Å². The van der Waals surface area contributed by atoms with Crippen molar-refractivity contribution in [3.63, 3.8) is 0 Å². The molecule has 0 aromatic heterocycles. The van der Waals surface area contributed by atoms with Crippen molar-refractivity contribution in [3.05, 3.63) is 25.9 Å². The van der Waals surface area contributed by atoms with E-state index in [2.05, 4.69) is 37.2 Å². The van der Waals surface area contributed by atoms with Crippen LogP contribution < -0.4 is 5.32 Å². The van der Waals surface area contributed by atoms with Crippen molar-refractivity contribution in [1.29, 1.82) is 5.26 Å². The third kappa shape index (κ3) is 2.94. The number of carbonyl (C=O) groups excluding carboxylic acids is 1. The molecule has 0 heterocycles. The van der Waals surface area contributed by atoms with Crippen LogP contribution in [0, 0.1) is 17.1 Å². The topological polar surface area (TPSA) is 52.9 Å². The molecule has 0 fully saturated rings. The van der Waals surface area contributed by atoms with E-state index in [1.165, 1.54) is 6.07 Å². The van der Waals surface area contributed by atoms with Crippen LogP contribution in [0.15, 0.2) is 15.0 Å². The standard InChI is InChI=1S/C9H4Br2ClFN2O/c10-4-3-5(12)8(13)7(11)9(4)15-6(16)1-2-14/h3H,1H2,(H,15,16). The number of nitrogens with zero attached hydrogens (tertiary/aromatic N) is 1. The second-order valence-electron chi connectivity index (χ2n) is 2.73. The van der Waals surface area contributed by atoms with Gasteiger partial charge in [-0.25, -0.2) is 4.39 Å². The third-order valence-electron chi connectivity index (χ3n) is 1.62. The van der Waals surface area contributed by atoms with Crippen LogP contribution in [0.5, 0.6) is 0 Å². The fourth-order valence-corrected chi connectivity index (χ4v) is 2.70. The molecular weight excluding hydrogens is 366 g/mol. The lowest BCUT2D eigenvalue weighted by Crippen LogP contribution is -2.11. The first-order valence-corrected chi connectivity index (χ1v) is 5.93. The lowest BCUT2D eigenvalue weighted by molar-refractivity contribution is -0.115. The zero-order valence-corrected chi connectivity index (χ0v) is 11.6. The Kier molecular flexibility index (Phi) is 4.71. The van der Waals surface area contributed by atoms with E-state index >= 15 is 0 Å². The van der Waals surface area contributed by atoms with E-state index in [1.807, 2.05) is 0 Å². The maximum atomic E-state index is 13.4. The summed E-state index contributed by atoms with van der Waals surface area (Å²) in [6, 6.07) is 3.01. The van der Waals surface area contributed by atoms with E-state index in [1.54, 1.807) is 6.07 Å². The first-order valence-electron chi connectivity index (χ1n) is 3.97. The van der Waals surface area contributed by atoms with Gasteiger partial charge in [-0.05, 0) is 37.9 Å². The average molecular weight is 370 g/mol. The molecular formula is C9H4Br2ClFN2O. The number of nitrogens with one attached hydrogen (secondary N) is 1. The van der Waals surface area contributed by atoms with Crippen LogP contribution in [-0.4, -0.2) is 5.91 Å². The molecule has 1 aromatic carbocycles. The molecule has 16 heavy (non-hydrogen) atoms. The summed E-state index contributed by atoms with van der Waals surface area (Å²) < 4.78 is 13.9. The molecule has 0 atom stereocenters. The van der Waals surface area contributed by atoms with Gasteiger partial charge in [0.05, 0.1) is 21.3 Å². The van der Waals surface area contributed by atoms with Crippen LogP contribution in [0.4, 0.5) is 10.1 Å². The van der Waals surface area contributed by atoms with Gasteiger partial charge >= 0.3 is 0 Å². The minimum Gasteiger partial charge on any atom is -0.323 e. The molecule has 0 unspecified atom stereocenters. The van der Waals surface area contributed by atoms with Crippen molar-refractivity contribution < 1.29 is 9.18 Å². The molecule has 1 aromatic rings. The summed E-state index contributed by atoms with van der Waals surface area (Å²) in [7, 11) is 0. The number of halogens is 4. The highest BCUT2D eigenvalue weighted by Crippen LogP contribution is 2.37. The average Bonchev–Trinajstić information content (AvgIpc) is 2.22. The highest BCUT2D eigenvalue weighted by atomic mass is 79.9. The molecule has 3 nitrogen and oxygen atoms in total. The molecule has 0 spiro atoms. The monoisotopic (exact) mass is 368 g/mol.